The molecule has 254 valence electrons. The Bertz CT molecular complexity index is 1820. The second kappa shape index (κ2) is 13.7. The number of nitrogens with zero attached hydrogens (tertiary/aromatic N) is 4. The molecule has 2 aromatic carbocycles. The van der Waals surface area contributed by atoms with E-state index in [2.05, 4.69) is 5.32 Å². The van der Waals surface area contributed by atoms with E-state index in [0.717, 1.165) is 27.8 Å². The van der Waals surface area contributed by atoms with E-state index in [1.54, 1.807) is 30.3 Å². The first-order valence-corrected chi connectivity index (χ1v) is 17.1. The molecule has 0 aliphatic carbocycles. The lowest BCUT2D eigenvalue weighted by Crippen LogP contribution is -2.47. The van der Waals surface area contributed by atoms with Gasteiger partial charge in [0.15, 0.2) is 0 Å². The van der Waals surface area contributed by atoms with Crippen LogP contribution in [0.1, 0.15) is 17.5 Å². The summed E-state index contributed by atoms with van der Waals surface area (Å²) in [5, 5.41) is 2.68. The number of anilines is 2. The molecule has 7 nitrogen and oxygen atoms in total. The molecule has 1 N–H and O–H groups in total. The Kier molecular flexibility index (Phi) is 9.76. The van der Waals surface area contributed by atoms with Crippen LogP contribution in [-0.2, 0) is 28.5 Å². The summed E-state index contributed by atoms with van der Waals surface area (Å²) in [5.41, 5.74) is 0.906. The van der Waals surface area contributed by atoms with E-state index in [1.165, 1.54) is 30.3 Å². The normalized spacial score (nSPS) is 19.0. The van der Waals surface area contributed by atoms with Crippen LogP contribution in [0.25, 0.3) is 11.3 Å². The third-order valence-electron chi connectivity index (χ3n) is 8.11. The van der Waals surface area contributed by atoms with Gasteiger partial charge in [-0.05, 0) is 54.1 Å². The number of hydrogen-bond donors (Lipinski definition) is 1. The maximum Gasteiger partial charge on any atom is 0.416 e. The maximum atomic E-state index is 14.5. The van der Waals surface area contributed by atoms with Gasteiger partial charge in [0.2, 0.25) is 5.91 Å². The number of halogens is 7. The van der Waals surface area contributed by atoms with E-state index < -0.39 is 53.6 Å². The first kappa shape index (κ1) is 34.2. The minimum absolute atomic E-state index is 0.120. The van der Waals surface area contributed by atoms with Gasteiger partial charge >= 0.3 is 6.18 Å². The van der Waals surface area contributed by atoms with Gasteiger partial charge in [0.05, 0.1) is 27.8 Å². The molecule has 2 saturated heterocycles. The minimum atomic E-state index is -4.52. The Morgan fingerprint density at radius 2 is 1.69 bits per heavy atom. The van der Waals surface area contributed by atoms with Crippen molar-refractivity contribution in [2.45, 2.75) is 35.3 Å². The van der Waals surface area contributed by atoms with E-state index in [0.29, 0.717) is 58.8 Å². The molecule has 16 heteroatoms. The Morgan fingerprint density at radius 3 is 2.33 bits per heavy atom. The summed E-state index contributed by atoms with van der Waals surface area (Å²) in [4.78, 5) is 21.9. The van der Waals surface area contributed by atoms with Gasteiger partial charge in [-0.1, -0.05) is 35.9 Å². The molecular formula is C32H28ClF6N5O2S2. The molecular weight excluding hydrogens is 700 g/mol. The number of hydrogen-bond acceptors (Lipinski definition) is 6. The van der Waals surface area contributed by atoms with Gasteiger partial charge in [-0.3, -0.25) is 4.79 Å². The van der Waals surface area contributed by atoms with Gasteiger partial charge in [-0.25, -0.2) is 26.7 Å². The second-order valence-corrected chi connectivity index (χ2v) is 14.8. The molecule has 2 aliphatic heterocycles. The predicted molar refractivity (Wildman–Crippen MR) is 173 cm³/mol. The topological polar surface area (TPSA) is 68.8 Å². The second-order valence-electron chi connectivity index (χ2n) is 11.4. The van der Waals surface area contributed by atoms with E-state index in [4.69, 9.17) is 16.6 Å². The van der Waals surface area contributed by atoms with Crippen LogP contribution >= 0.6 is 22.9 Å². The van der Waals surface area contributed by atoms with Crippen molar-refractivity contribution in [3.63, 3.8) is 0 Å². The van der Waals surface area contributed by atoms with Crippen LogP contribution in [0.2, 0.25) is 4.34 Å². The van der Waals surface area contributed by atoms with Crippen LogP contribution in [0, 0.1) is 5.82 Å². The number of thiophene rings is 1. The van der Waals surface area contributed by atoms with Gasteiger partial charge in [0.25, 0.3) is 5.92 Å². The van der Waals surface area contributed by atoms with Crippen LogP contribution in [0.3, 0.4) is 0 Å². The third-order valence-corrected chi connectivity index (χ3v) is 11.1. The van der Waals surface area contributed by atoms with Crippen LogP contribution in [0.4, 0.5) is 37.8 Å². The zero-order valence-corrected chi connectivity index (χ0v) is 27.4. The summed E-state index contributed by atoms with van der Waals surface area (Å²) in [6, 6.07) is 15.9. The van der Waals surface area contributed by atoms with Gasteiger partial charge in [0, 0.05) is 44.7 Å². The lowest BCUT2D eigenvalue weighted by atomic mass is 10.1. The van der Waals surface area contributed by atoms with Crippen molar-refractivity contribution in [2.24, 2.45) is 0 Å². The first-order chi connectivity index (χ1) is 22.8. The maximum absolute atomic E-state index is 14.5. The number of benzene rings is 2. The molecule has 48 heavy (non-hydrogen) atoms. The van der Waals surface area contributed by atoms with Crippen LogP contribution in [0.15, 0.2) is 77.0 Å². The molecule has 2 fully saturated rings. The van der Waals surface area contributed by atoms with Crippen LogP contribution in [-0.4, -0.2) is 64.1 Å². The van der Waals surface area contributed by atoms with Crippen molar-refractivity contribution in [2.75, 3.05) is 42.5 Å². The van der Waals surface area contributed by atoms with Crippen molar-refractivity contribution >= 4 is 51.3 Å². The molecule has 0 spiro atoms. The summed E-state index contributed by atoms with van der Waals surface area (Å²) < 4.78 is 97.8. The number of aromatic nitrogens is 1. The van der Waals surface area contributed by atoms with E-state index in [9.17, 15) is 35.3 Å². The predicted octanol–water partition coefficient (Wildman–Crippen LogP) is 7.00. The number of pyridine rings is 1. The number of carbonyl (C=O) groups excluding carboxylic acids is 1. The number of piperazine rings is 1. The number of alkyl halides is 5. The Labute approximate surface area is 283 Å². The van der Waals surface area contributed by atoms with Gasteiger partial charge in [-0.2, -0.15) is 13.2 Å². The van der Waals surface area contributed by atoms with E-state index in [-0.39, 0.29) is 16.6 Å². The zero-order valence-electron chi connectivity index (χ0n) is 25.0. The number of para-hydroxylation sites is 1. The summed E-state index contributed by atoms with van der Waals surface area (Å²) in [5.74, 6) is -3.86. The molecule has 0 bridgehead atoms. The SMILES string of the molecule is O=C(NCc1cc(-c2ccc(C(F)(F)F)cc2)nc(N2CCN(c3ccccc3F)CC2)c1)C1CC(F)(F)CN1S(=O)c1ccc(Cl)s1. The van der Waals surface area contributed by atoms with Crippen molar-refractivity contribution < 1.29 is 35.3 Å². The lowest BCUT2D eigenvalue weighted by molar-refractivity contribution is -0.137. The summed E-state index contributed by atoms with van der Waals surface area (Å²) in [6.07, 6.45) is -5.35. The molecule has 0 saturated carbocycles. The van der Waals surface area contributed by atoms with Gasteiger partial charge in [-0.15, -0.1) is 11.3 Å². The van der Waals surface area contributed by atoms with E-state index >= 15 is 0 Å². The summed E-state index contributed by atoms with van der Waals surface area (Å²) in [6.45, 7) is 0.853. The van der Waals surface area contributed by atoms with Crippen LogP contribution < -0.4 is 15.1 Å². The average Bonchev–Trinajstić information content (AvgIpc) is 3.65. The van der Waals surface area contributed by atoms with Crippen molar-refractivity contribution in [3.05, 3.63) is 94.1 Å². The summed E-state index contributed by atoms with van der Waals surface area (Å²) in [7, 11) is -2.04. The van der Waals surface area contributed by atoms with Gasteiger partial charge < -0.3 is 15.1 Å². The third kappa shape index (κ3) is 7.64. The quantitative estimate of drug-likeness (QED) is 0.198. The molecule has 6 rings (SSSR count). The molecule has 2 unspecified atom stereocenters. The number of nitrogens with one attached hydrogen (secondary N) is 1. The largest absolute Gasteiger partial charge is 0.416 e. The van der Waals surface area contributed by atoms with Gasteiger partial charge in [0.1, 0.15) is 32.9 Å². The van der Waals surface area contributed by atoms with E-state index in [1.807, 2.05) is 9.80 Å². The fourth-order valence-electron chi connectivity index (χ4n) is 5.70. The molecule has 2 aromatic heterocycles. The standard InChI is InChI=1S/C32H28ClF6N5O2S2/c33-27-9-10-29(47-27)48(46)44-19-31(35,36)17-26(44)30(45)40-18-20-15-24(21-5-7-22(8-6-21)32(37,38)39)41-28(16-20)43-13-11-42(12-14-43)25-4-2-1-3-23(25)34/h1-10,15-16,26H,11-14,17-19H2,(H,40,45). The molecule has 4 heterocycles. The Morgan fingerprint density at radius 1 is 1.00 bits per heavy atom. The number of amides is 1. The Hall–Kier alpha value is -3.66. The monoisotopic (exact) mass is 727 g/mol. The molecule has 2 aliphatic rings. The fraction of sp³-hybridized carbons (Fsp3) is 0.312. The van der Waals surface area contributed by atoms with Crippen molar-refractivity contribution in [1.82, 2.24) is 14.6 Å². The molecule has 1 amide bonds. The number of rotatable bonds is 8. The molecule has 0 radical (unpaired) electrons. The molecule has 4 aromatic rings. The first-order valence-electron chi connectivity index (χ1n) is 14.8. The average molecular weight is 728 g/mol. The Balaban J connectivity index is 1.23. The highest BCUT2D eigenvalue weighted by Gasteiger charge is 2.50. The summed E-state index contributed by atoms with van der Waals surface area (Å²) >= 11 is 6.92. The highest BCUT2D eigenvalue weighted by Crippen LogP contribution is 2.37. The smallest absolute Gasteiger partial charge is 0.366 e. The molecule has 2 atom stereocenters. The van der Waals surface area contributed by atoms with Crippen LogP contribution in [0.5, 0.6) is 0 Å². The number of carbonyl (C=O) groups is 1. The highest BCUT2D eigenvalue weighted by molar-refractivity contribution is 7.85. The highest BCUT2D eigenvalue weighted by atomic mass is 35.5. The fourth-order valence-corrected chi connectivity index (χ4v) is 8.58. The zero-order chi connectivity index (χ0) is 34.2. The van der Waals surface area contributed by atoms with Crippen molar-refractivity contribution in [3.8, 4) is 11.3 Å². The van der Waals surface area contributed by atoms with Crippen molar-refractivity contribution in [1.29, 1.82) is 0 Å². The minimum Gasteiger partial charge on any atom is -0.366 e. The lowest BCUT2D eigenvalue weighted by Gasteiger charge is -2.37.